The van der Waals surface area contributed by atoms with E-state index >= 15 is 0 Å². The molecule has 41 heavy (non-hydrogen) atoms. The fraction of sp³-hybridized carbons (Fsp3) is 0.700. The first-order chi connectivity index (χ1) is 19.8. The normalized spacial score (nSPS) is 36.9. The molecule has 1 aromatic carbocycles. The van der Waals surface area contributed by atoms with Crippen LogP contribution in [0.1, 0.15) is 36.8 Å². The van der Waals surface area contributed by atoms with Gasteiger partial charge in [-0.3, -0.25) is 19.3 Å². The molecule has 4 aliphatic heterocycles. The lowest BCUT2D eigenvalue weighted by Gasteiger charge is -2.39. The Morgan fingerprint density at radius 3 is 2.39 bits per heavy atom. The fourth-order valence-electron chi connectivity index (χ4n) is 7.54. The van der Waals surface area contributed by atoms with Crippen LogP contribution >= 0.6 is 0 Å². The molecule has 0 aromatic heterocycles. The second kappa shape index (κ2) is 10.9. The molecule has 6 bridgehead atoms. The Bertz CT molecular complexity index is 1170. The van der Waals surface area contributed by atoms with Gasteiger partial charge >= 0.3 is 0 Å². The number of carbonyl (C=O) groups is 3. The Morgan fingerprint density at radius 2 is 1.66 bits per heavy atom. The number of carbonyl (C=O) groups excluding carboxylic acids is 3. The summed E-state index contributed by atoms with van der Waals surface area (Å²) in [5.74, 6) is -0.298. The van der Waals surface area contributed by atoms with Crippen molar-refractivity contribution in [2.75, 3.05) is 39.3 Å². The first-order valence-corrected chi connectivity index (χ1v) is 15.2. The highest BCUT2D eigenvalue weighted by molar-refractivity contribution is 5.83. The highest BCUT2D eigenvalue weighted by Gasteiger charge is 2.48. The lowest BCUT2D eigenvalue weighted by atomic mass is 10.0. The molecule has 4 heterocycles. The fourth-order valence-corrected chi connectivity index (χ4v) is 7.54. The lowest BCUT2D eigenvalue weighted by molar-refractivity contribution is -0.148. The molecule has 2 aliphatic carbocycles. The summed E-state index contributed by atoms with van der Waals surface area (Å²) < 4.78 is 12.1. The Labute approximate surface area is 239 Å². The van der Waals surface area contributed by atoms with Crippen molar-refractivity contribution in [3.8, 4) is 0 Å². The number of nitrogens with one attached hydrogen (secondary N) is 1. The molecule has 4 saturated heterocycles. The molecule has 7 atom stereocenters. The number of likely N-dealkylation sites (tertiary alicyclic amines) is 1. The second-order valence-corrected chi connectivity index (χ2v) is 12.7. The molecule has 1 aromatic rings. The van der Waals surface area contributed by atoms with Crippen LogP contribution in [-0.2, 0) is 36.7 Å². The molecule has 222 valence electrons. The lowest BCUT2D eigenvalue weighted by Crippen LogP contribution is -2.56. The zero-order chi connectivity index (χ0) is 28.2. The molecule has 0 spiro atoms. The van der Waals surface area contributed by atoms with Crippen molar-refractivity contribution >= 4 is 17.7 Å². The van der Waals surface area contributed by atoms with Crippen molar-refractivity contribution in [1.29, 1.82) is 0 Å². The van der Waals surface area contributed by atoms with Crippen molar-refractivity contribution in [3.05, 3.63) is 35.4 Å². The van der Waals surface area contributed by atoms with E-state index in [1.807, 2.05) is 4.90 Å². The summed E-state index contributed by atoms with van der Waals surface area (Å²) in [7, 11) is 0. The van der Waals surface area contributed by atoms with Crippen LogP contribution in [-0.4, -0.2) is 131 Å². The van der Waals surface area contributed by atoms with E-state index in [1.165, 1.54) is 11.1 Å². The van der Waals surface area contributed by atoms with E-state index in [2.05, 4.69) is 34.5 Å². The maximum absolute atomic E-state index is 14.1. The number of morpholine rings is 1. The first kappa shape index (κ1) is 27.3. The van der Waals surface area contributed by atoms with Crippen LogP contribution in [0.25, 0.3) is 0 Å². The molecule has 11 heteroatoms. The number of aliphatic hydroxyl groups is 2. The van der Waals surface area contributed by atoms with Crippen LogP contribution in [0.2, 0.25) is 0 Å². The van der Waals surface area contributed by atoms with E-state index in [-0.39, 0.29) is 67.4 Å². The van der Waals surface area contributed by atoms with Crippen LogP contribution in [0.5, 0.6) is 0 Å². The molecule has 3 N–H and O–H groups in total. The smallest absolute Gasteiger partial charge is 0.240 e. The molecule has 6 aliphatic rings. The summed E-state index contributed by atoms with van der Waals surface area (Å²) in [5.41, 5.74) is 2.61. The van der Waals surface area contributed by atoms with Crippen LogP contribution < -0.4 is 5.32 Å². The number of ether oxygens (including phenoxy) is 2. The number of hydrogen-bond acceptors (Lipinski definition) is 8. The van der Waals surface area contributed by atoms with Gasteiger partial charge in [-0.25, -0.2) is 0 Å². The number of fused-ring (bicyclic) bond motifs is 7. The summed E-state index contributed by atoms with van der Waals surface area (Å²) in [6, 6.07) is 8.00. The summed E-state index contributed by atoms with van der Waals surface area (Å²) in [5, 5.41) is 24.6. The van der Waals surface area contributed by atoms with Crippen molar-refractivity contribution in [2.24, 2.45) is 5.92 Å². The molecular weight excluding hydrogens is 528 g/mol. The quantitative estimate of drug-likeness (QED) is 0.417. The van der Waals surface area contributed by atoms with Gasteiger partial charge in [0.05, 0.1) is 31.3 Å². The number of hydrogen-bond donors (Lipinski definition) is 3. The summed E-state index contributed by atoms with van der Waals surface area (Å²) in [4.78, 5) is 46.3. The van der Waals surface area contributed by atoms with Crippen LogP contribution in [0.3, 0.4) is 0 Å². The predicted octanol–water partition coefficient (Wildman–Crippen LogP) is -0.928. The van der Waals surface area contributed by atoms with Crippen molar-refractivity contribution < 1.29 is 34.1 Å². The Morgan fingerprint density at radius 1 is 0.927 bits per heavy atom. The minimum atomic E-state index is -1.23. The van der Waals surface area contributed by atoms with E-state index in [0.29, 0.717) is 32.7 Å². The molecule has 0 unspecified atom stereocenters. The zero-order valence-corrected chi connectivity index (χ0v) is 23.3. The average Bonchev–Trinajstić information content (AvgIpc) is 3.51. The number of rotatable bonds is 2. The monoisotopic (exact) mass is 568 g/mol. The Hall–Kier alpha value is -2.57. The molecule has 5 fully saturated rings. The molecule has 7 rings (SSSR count). The van der Waals surface area contributed by atoms with E-state index < -0.39 is 24.4 Å². The number of amides is 3. The van der Waals surface area contributed by atoms with Gasteiger partial charge in [0, 0.05) is 50.7 Å². The highest BCUT2D eigenvalue weighted by atomic mass is 16.5. The van der Waals surface area contributed by atoms with Gasteiger partial charge in [0.15, 0.2) is 0 Å². The summed E-state index contributed by atoms with van der Waals surface area (Å²) >= 11 is 0. The minimum absolute atomic E-state index is 0.0183. The van der Waals surface area contributed by atoms with Crippen molar-refractivity contribution in [2.45, 2.75) is 87.2 Å². The van der Waals surface area contributed by atoms with Gasteiger partial charge in [0.1, 0.15) is 18.3 Å². The third-order valence-electron chi connectivity index (χ3n) is 9.85. The largest absolute Gasteiger partial charge is 0.388 e. The van der Waals surface area contributed by atoms with Gasteiger partial charge in [0.2, 0.25) is 17.7 Å². The highest BCUT2D eigenvalue weighted by Crippen LogP contribution is 2.34. The Kier molecular flexibility index (Phi) is 7.27. The topological polar surface area (TPSA) is 132 Å². The molecule has 1 saturated carbocycles. The van der Waals surface area contributed by atoms with Gasteiger partial charge in [0.25, 0.3) is 0 Å². The van der Waals surface area contributed by atoms with Crippen LogP contribution in [0, 0.1) is 5.92 Å². The average molecular weight is 569 g/mol. The number of benzene rings is 1. The van der Waals surface area contributed by atoms with E-state index in [4.69, 9.17) is 9.47 Å². The summed E-state index contributed by atoms with van der Waals surface area (Å²) in [6.07, 6.45) is -0.689. The number of aliphatic hydroxyl groups excluding tert-OH is 2. The van der Waals surface area contributed by atoms with Gasteiger partial charge in [-0.1, -0.05) is 24.3 Å². The van der Waals surface area contributed by atoms with Gasteiger partial charge < -0.3 is 34.8 Å². The predicted molar refractivity (Wildman–Crippen MR) is 146 cm³/mol. The Balaban J connectivity index is 1.16. The van der Waals surface area contributed by atoms with Gasteiger partial charge in [-0.15, -0.1) is 0 Å². The maximum Gasteiger partial charge on any atom is 0.240 e. The third kappa shape index (κ3) is 5.38. The van der Waals surface area contributed by atoms with E-state index in [9.17, 15) is 24.6 Å². The SMILES string of the molecule is O=C1C[C@@H]2O[C@H](CN(C(=O)C3CC3)C[C@@H]3CN(CCO3)C(=O)[C@@H]3C[C@@H](CN3C3Cc4ccccc4C3)N1)[C@@H](O)[C@H]2O. The molecule has 3 amide bonds. The third-order valence-corrected chi connectivity index (χ3v) is 9.85. The zero-order valence-electron chi connectivity index (χ0n) is 23.3. The van der Waals surface area contributed by atoms with Gasteiger partial charge in [-0.05, 0) is 43.2 Å². The van der Waals surface area contributed by atoms with Crippen LogP contribution in [0.4, 0.5) is 0 Å². The van der Waals surface area contributed by atoms with Crippen molar-refractivity contribution in [3.63, 3.8) is 0 Å². The minimum Gasteiger partial charge on any atom is -0.388 e. The molecule has 11 nitrogen and oxygen atoms in total. The van der Waals surface area contributed by atoms with Crippen LogP contribution in [0.15, 0.2) is 24.3 Å². The second-order valence-electron chi connectivity index (χ2n) is 12.7. The molecule has 0 radical (unpaired) electrons. The first-order valence-electron chi connectivity index (χ1n) is 15.2. The molecular formula is C30H40N4O7. The van der Waals surface area contributed by atoms with Gasteiger partial charge in [-0.2, -0.15) is 0 Å². The maximum atomic E-state index is 14.1. The number of nitrogens with zero attached hydrogens (tertiary/aromatic N) is 3. The summed E-state index contributed by atoms with van der Waals surface area (Å²) in [6.45, 7) is 2.18. The van der Waals surface area contributed by atoms with E-state index in [0.717, 1.165) is 25.7 Å². The van der Waals surface area contributed by atoms with Crippen molar-refractivity contribution in [1.82, 2.24) is 20.0 Å². The van der Waals surface area contributed by atoms with E-state index in [1.54, 1.807) is 4.90 Å². The standard InChI is InChI=1S/C30H40N4O7/c35-26-12-24-27(36)28(37)25(41-24)16-33(29(38)17-5-6-17)15-22-14-32(7-8-40-22)30(39)23-11-20(31-26)13-34(23)21-9-18-3-1-2-4-19(18)10-21/h1-4,17,20-25,27-28,36-37H,5-16H2,(H,31,35)/t20-,22-,23-,24-,25+,27-,28+/m0/s1.